The van der Waals surface area contributed by atoms with Crippen molar-refractivity contribution in [1.29, 1.82) is 0 Å². The second kappa shape index (κ2) is 4.91. The van der Waals surface area contributed by atoms with Crippen molar-refractivity contribution in [2.75, 3.05) is 13.7 Å². The zero-order valence-electron chi connectivity index (χ0n) is 10.8. The van der Waals surface area contributed by atoms with Crippen molar-refractivity contribution < 1.29 is 14.3 Å². The topological polar surface area (TPSA) is 35.5 Å². The van der Waals surface area contributed by atoms with E-state index in [-0.39, 0.29) is 5.41 Å². The molecule has 96 valence electrons. The highest BCUT2D eigenvalue weighted by molar-refractivity contribution is 5.74. The summed E-state index contributed by atoms with van der Waals surface area (Å²) in [6.45, 7) is 2.68. The fourth-order valence-electron chi connectivity index (χ4n) is 3.40. The summed E-state index contributed by atoms with van der Waals surface area (Å²) in [5, 5.41) is 0. The number of rotatable bonds is 4. The minimum Gasteiger partial charge on any atom is -0.353 e. The first-order valence-corrected chi connectivity index (χ1v) is 6.54. The van der Waals surface area contributed by atoms with E-state index in [1.54, 1.807) is 7.11 Å². The largest absolute Gasteiger partial charge is 0.353 e. The molecule has 0 aliphatic heterocycles. The molecule has 0 amide bonds. The van der Waals surface area contributed by atoms with E-state index in [1.807, 2.05) is 6.92 Å². The van der Waals surface area contributed by atoms with Crippen molar-refractivity contribution in [1.82, 2.24) is 0 Å². The highest BCUT2D eigenvalue weighted by atomic mass is 16.7. The van der Waals surface area contributed by atoms with Crippen LogP contribution in [-0.2, 0) is 14.3 Å². The zero-order valence-corrected chi connectivity index (χ0v) is 10.8. The van der Waals surface area contributed by atoms with Crippen molar-refractivity contribution in [2.45, 2.75) is 51.2 Å². The quantitative estimate of drug-likeness (QED) is 0.558. The van der Waals surface area contributed by atoms with Gasteiger partial charge in [0.15, 0.2) is 5.79 Å². The summed E-state index contributed by atoms with van der Waals surface area (Å²) < 4.78 is 11.5. The Morgan fingerprint density at radius 2 is 2.24 bits per heavy atom. The van der Waals surface area contributed by atoms with Gasteiger partial charge in [-0.1, -0.05) is 6.08 Å². The number of methoxy groups -OCH3 is 1. The fourth-order valence-corrected chi connectivity index (χ4v) is 3.40. The smallest absolute Gasteiger partial charge is 0.168 e. The summed E-state index contributed by atoms with van der Waals surface area (Å²) in [6, 6.07) is 0. The van der Waals surface area contributed by atoms with Gasteiger partial charge in [-0.05, 0) is 43.6 Å². The molecule has 1 saturated carbocycles. The van der Waals surface area contributed by atoms with Gasteiger partial charge in [0.05, 0.1) is 0 Å². The Labute approximate surface area is 103 Å². The van der Waals surface area contributed by atoms with Gasteiger partial charge in [0, 0.05) is 26.6 Å². The Kier molecular flexibility index (Phi) is 3.69. The van der Waals surface area contributed by atoms with E-state index in [2.05, 4.69) is 6.08 Å². The van der Waals surface area contributed by atoms with Crippen LogP contribution >= 0.6 is 0 Å². The van der Waals surface area contributed by atoms with Gasteiger partial charge in [0.1, 0.15) is 6.29 Å². The average Bonchev–Trinajstić information content (AvgIpc) is 2.73. The van der Waals surface area contributed by atoms with Crippen LogP contribution in [0, 0.1) is 5.41 Å². The lowest BCUT2D eigenvalue weighted by atomic mass is 9.71. The third-order valence-electron chi connectivity index (χ3n) is 4.19. The maximum absolute atomic E-state index is 10.9. The highest BCUT2D eigenvalue weighted by Gasteiger charge is 2.46. The molecule has 1 unspecified atom stereocenters. The lowest BCUT2D eigenvalue weighted by Gasteiger charge is -2.44. The van der Waals surface area contributed by atoms with Crippen LogP contribution in [0.3, 0.4) is 0 Å². The molecule has 2 aliphatic carbocycles. The van der Waals surface area contributed by atoms with Gasteiger partial charge in [-0.3, -0.25) is 4.79 Å². The normalized spacial score (nSPS) is 37.2. The average molecular weight is 238 g/mol. The molecule has 0 heterocycles. The van der Waals surface area contributed by atoms with Crippen molar-refractivity contribution in [2.24, 2.45) is 5.41 Å². The zero-order chi connectivity index (χ0) is 12.4. The number of carbonyl (C=O) groups excluding carboxylic acids is 1. The van der Waals surface area contributed by atoms with E-state index in [0.717, 1.165) is 50.4 Å². The number of aldehydes is 1. The second-order valence-corrected chi connectivity index (χ2v) is 5.28. The van der Waals surface area contributed by atoms with E-state index in [0.29, 0.717) is 6.61 Å². The SMILES string of the molecule is CCOC1(OC)CCC[C@@]2(C=C(C=O)CC2)C1. The van der Waals surface area contributed by atoms with Crippen molar-refractivity contribution >= 4 is 6.29 Å². The number of allylic oxidation sites excluding steroid dienone is 2. The predicted octanol–water partition coefficient (Wildman–Crippen LogP) is 2.85. The third kappa shape index (κ3) is 2.45. The van der Waals surface area contributed by atoms with Crippen LogP contribution in [0.5, 0.6) is 0 Å². The van der Waals surface area contributed by atoms with Crippen molar-refractivity contribution in [3.63, 3.8) is 0 Å². The monoisotopic (exact) mass is 238 g/mol. The lowest BCUT2D eigenvalue weighted by Crippen LogP contribution is -2.43. The molecule has 0 aromatic carbocycles. The molecule has 17 heavy (non-hydrogen) atoms. The van der Waals surface area contributed by atoms with E-state index in [9.17, 15) is 4.79 Å². The lowest BCUT2D eigenvalue weighted by molar-refractivity contribution is -0.250. The first kappa shape index (κ1) is 12.8. The molecule has 0 bridgehead atoms. The Bertz CT molecular complexity index is 319. The van der Waals surface area contributed by atoms with Crippen molar-refractivity contribution in [3.05, 3.63) is 11.6 Å². The predicted molar refractivity (Wildman–Crippen MR) is 65.6 cm³/mol. The third-order valence-corrected chi connectivity index (χ3v) is 4.19. The van der Waals surface area contributed by atoms with Gasteiger partial charge in [-0.25, -0.2) is 0 Å². The van der Waals surface area contributed by atoms with Gasteiger partial charge in [0.2, 0.25) is 0 Å². The fraction of sp³-hybridized carbons (Fsp3) is 0.786. The molecule has 0 radical (unpaired) electrons. The van der Waals surface area contributed by atoms with Gasteiger partial charge < -0.3 is 9.47 Å². The molecule has 3 nitrogen and oxygen atoms in total. The summed E-state index contributed by atoms with van der Waals surface area (Å²) in [5.41, 5.74) is 1.09. The van der Waals surface area contributed by atoms with Crippen LogP contribution in [0.15, 0.2) is 11.6 Å². The first-order valence-electron chi connectivity index (χ1n) is 6.54. The summed E-state index contributed by atoms with van der Waals surface area (Å²) >= 11 is 0. The van der Waals surface area contributed by atoms with Crippen LogP contribution in [0.4, 0.5) is 0 Å². The molecular weight excluding hydrogens is 216 g/mol. The van der Waals surface area contributed by atoms with Crippen LogP contribution in [-0.4, -0.2) is 25.8 Å². The molecule has 2 rings (SSSR count). The molecule has 0 N–H and O–H groups in total. The van der Waals surface area contributed by atoms with E-state index < -0.39 is 5.79 Å². The molecule has 0 aromatic heterocycles. The van der Waals surface area contributed by atoms with E-state index in [4.69, 9.17) is 9.47 Å². The summed E-state index contributed by atoms with van der Waals surface area (Å²) in [6.07, 6.45) is 9.27. The second-order valence-electron chi connectivity index (χ2n) is 5.28. The Morgan fingerprint density at radius 3 is 2.82 bits per heavy atom. The molecule has 0 aromatic rings. The van der Waals surface area contributed by atoms with Crippen LogP contribution in [0.25, 0.3) is 0 Å². The summed E-state index contributed by atoms with van der Waals surface area (Å²) in [5.74, 6) is -0.429. The standard InChI is InChI=1S/C14H22O3/c1-3-17-14(16-2)7-4-6-13(11-14)8-5-12(9-13)10-15/h9-10H,3-8,11H2,1-2H3/t13-,14?/m1/s1. The highest BCUT2D eigenvalue weighted by Crippen LogP contribution is 2.51. The molecule has 1 fully saturated rings. The number of hydrogen-bond acceptors (Lipinski definition) is 3. The number of carbonyl (C=O) groups is 1. The minimum atomic E-state index is -0.429. The van der Waals surface area contributed by atoms with Crippen molar-refractivity contribution in [3.8, 4) is 0 Å². The van der Waals surface area contributed by atoms with Gasteiger partial charge in [-0.2, -0.15) is 0 Å². The summed E-state index contributed by atoms with van der Waals surface area (Å²) in [7, 11) is 1.73. The van der Waals surface area contributed by atoms with E-state index in [1.165, 1.54) is 0 Å². The van der Waals surface area contributed by atoms with Gasteiger partial charge in [-0.15, -0.1) is 0 Å². The molecule has 2 aliphatic rings. The van der Waals surface area contributed by atoms with Crippen LogP contribution < -0.4 is 0 Å². The first-order chi connectivity index (χ1) is 8.17. The number of ether oxygens (including phenoxy) is 2. The maximum atomic E-state index is 10.9. The molecule has 0 saturated heterocycles. The van der Waals surface area contributed by atoms with Gasteiger partial charge in [0.25, 0.3) is 0 Å². The molecule has 3 heteroatoms. The minimum absolute atomic E-state index is 0.139. The summed E-state index contributed by atoms with van der Waals surface area (Å²) in [4.78, 5) is 10.9. The molecular formula is C14H22O3. The Balaban J connectivity index is 2.16. The maximum Gasteiger partial charge on any atom is 0.168 e. The van der Waals surface area contributed by atoms with Crippen LogP contribution in [0.2, 0.25) is 0 Å². The van der Waals surface area contributed by atoms with Gasteiger partial charge >= 0.3 is 0 Å². The van der Waals surface area contributed by atoms with E-state index >= 15 is 0 Å². The molecule has 2 atom stereocenters. The number of hydrogen-bond donors (Lipinski definition) is 0. The molecule has 1 spiro atoms. The Hall–Kier alpha value is -0.670. The Morgan fingerprint density at radius 1 is 1.41 bits per heavy atom. The van der Waals surface area contributed by atoms with Crippen LogP contribution in [0.1, 0.15) is 45.4 Å².